The van der Waals surface area contributed by atoms with E-state index >= 15 is 0 Å². The molecule has 1 heterocycles. The molecule has 0 atom stereocenters. The number of nitrogens with one attached hydrogen (secondary N) is 2. The maximum Gasteiger partial charge on any atom is 0.314 e. The summed E-state index contributed by atoms with van der Waals surface area (Å²) in [6, 6.07) is 15.8. The van der Waals surface area contributed by atoms with E-state index in [4.69, 9.17) is 4.74 Å². The molecule has 0 bridgehead atoms. The van der Waals surface area contributed by atoms with Gasteiger partial charge in [-0.15, -0.1) is 0 Å². The molecule has 3 rings (SSSR count). The van der Waals surface area contributed by atoms with Crippen LogP contribution in [0.3, 0.4) is 0 Å². The molecule has 0 aliphatic carbocycles. The first-order valence-corrected chi connectivity index (χ1v) is 8.39. The molecule has 3 aromatic rings. The van der Waals surface area contributed by atoms with E-state index in [1.807, 2.05) is 26.0 Å². The number of carbonyl (C=O) groups is 2. The average molecular weight is 361 g/mol. The van der Waals surface area contributed by atoms with Crippen LogP contribution in [0.1, 0.15) is 11.1 Å². The maximum atomic E-state index is 12.1. The van der Waals surface area contributed by atoms with Crippen molar-refractivity contribution in [3.8, 4) is 11.5 Å². The molecule has 0 saturated heterocycles. The third-order valence-electron chi connectivity index (χ3n) is 4.06. The summed E-state index contributed by atoms with van der Waals surface area (Å²) in [4.78, 5) is 28.2. The van der Waals surface area contributed by atoms with E-state index in [9.17, 15) is 9.59 Å². The van der Waals surface area contributed by atoms with E-state index in [1.54, 1.807) is 54.9 Å². The highest BCUT2D eigenvalue weighted by Gasteiger charge is 2.15. The number of aryl methyl sites for hydroxylation is 1. The number of rotatable bonds is 4. The van der Waals surface area contributed by atoms with Gasteiger partial charge >= 0.3 is 11.8 Å². The Morgan fingerprint density at radius 1 is 0.815 bits per heavy atom. The molecule has 0 fully saturated rings. The number of benzene rings is 2. The normalized spacial score (nSPS) is 10.1. The van der Waals surface area contributed by atoms with Crippen molar-refractivity contribution in [3.63, 3.8) is 0 Å². The number of hydrogen-bond acceptors (Lipinski definition) is 4. The van der Waals surface area contributed by atoms with Gasteiger partial charge in [0.05, 0.1) is 0 Å². The molecule has 27 heavy (non-hydrogen) atoms. The third-order valence-corrected chi connectivity index (χ3v) is 4.06. The summed E-state index contributed by atoms with van der Waals surface area (Å²) in [6.45, 7) is 3.84. The van der Waals surface area contributed by atoms with E-state index < -0.39 is 11.8 Å². The number of pyridine rings is 1. The highest BCUT2D eigenvalue weighted by atomic mass is 16.5. The van der Waals surface area contributed by atoms with Crippen LogP contribution < -0.4 is 15.4 Å². The summed E-state index contributed by atoms with van der Waals surface area (Å²) >= 11 is 0. The van der Waals surface area contributed by atoms with Crippen LogP contribution in [0, 0.1) is 13.8 Å². The Hall–Kier alpha value is -3.67. The number of carbonyl (C=O) groups excluding carboxylic acids is 2. The Morgan fingerprint density at radius 3 is 2.15 bits per heavy atom. The third kappa shape index (κ3) is 4.70. The van der Waals surface area contributed by atoms with Gasteiger partial charge in [-0.1, -0.05) is 12.1 Å². The lowest BCUT2D eigenvalue weighted by Gasteiger charge is -2.11. The molecule has 2 N–H and O–H groups in total. The van der Waals surface area contributed by atoms with Gasteiger partial charge in [-0.3, -0.25) is 14.6 Å². The van der Waals surface area contributed by atoms with Crippen molar-refractivity contribution in [2.75, 3.05) is 10.6 Å². The Kier molecular flexibility index (Phi) is 5.47. The molecule has 0 unspecified atom stereocenters. The van der Waals surface area contributed by atoms with Crippen LogP contribution in [-0.4, -0.2) is 16.8 Å². The van der Waals surface area contributed by atoms with Crippen molar-refractivity contribution in [2.45, 2.75) is 13.8 Å². The Labute approximate surface area is 157 Å². The number of nitrogens with zero attached hydrogens (tertiary/aromatic N) is 1. The van der Waals surface area contributed by atoms with E-state index in [2.05, 4.69) is 15.6 Å². The minimum Gasteiger partial charge on any atom is -0.457 e. The molecule has 2 aromatic carbocycles. The molecule has 6 nitrogen and oxygen atoms in total. The molecule has 1 aromatic heterocycles. The highest BCUT2D eigenvalue weighted by Crippen LogP contribution is 2.22. The van der Waals surface area contributed by atoms with Crippen molar-refractivity contribution in [1.82, 2.24) is 4.98 Å². The van der Waals surface area contributed by atoms with Gasteiger partial charge in [-0.2, -0.15) is 0 Å². The number of anilines is 2. The molecule has 0 aliphatic heterocycles. The van der Waals surface area contributed by atoms with Gasteiger partial charge in [-0.25, -0.2) is 0 Å². The summed E-state index contributed by atoms with van der Waals surface area (Å²) in [6.07, 6.45) is 3.27. The minimum absolute atomic E-state index is 0.498. The molecule has 136 valence electrons. The summed E-state index contributed by atoms with van der Waals surface area (Å²) < 4.78 is 5.66. The molecule has 0 aliphatic rings. The van der Waals surface area contributed by atoms with Crippen molar-refractivity contribution >= 4 is 23.2 Å². The predicted octanol–water partition coefficient (Wildman–Crippen LogP) is 4.07. The monoisotopic (exact) mass is 361 g/mol. The molecule has 0 saturated carbocycles. The maximum absolute atomic E-state index is 12.1. The van der Waals surface area contributed by atoms with Crippen LogP contribution in [-0.2, 0) is 9.59 Å². The molecular weight excluding hydrogens is 342 g/mol. The Balaban J connectivity index is 1.60. The molecular formula is C21H19N3O3. The van der Waals surface area contributed by atoms with Crippen LogP contribution in [0.2, 0.25) is 0 Å². The van der Waals surface area contributed by atoms with Crippen molar-refractivity contribution in [3.05, 3.63) is 78.1 Å². The summed E-state index contributed by atoms with van der Waals surface area (Å²) in [5.74, 6) is -0.187. The van der Waals surface area contributed by atoms with Crippen LogP contribution in [0.15, 0.2) is 67.0 Å². The van der Waals surface area contributed by atoms with Gasteiger partial charge < -0.3 is 15.4 Å². The van der Waals surface area contributed by atoms with Gasteiger partial charge in [0.2, 0.25) is 0 Å². The first-order valence-electron chi connectivity index (χ1n) is 8.39. The van der Waals surface area contributed by atoms with Crippen LogP contribution >= 0.6 is 0 Å². The van der Waals surface area contributed by atoms with Gasteiger partial charge in [0.1, 0.15) is 11.5 Å². The number of hydrogen-bond donors (Lipinski definition) is 2. The molecule has 6 heteroatoms. The summed E-state index contributed by atoms with van der Waals surface area (Å²) in [5, 5.41) is 5.20. The lowest BCUT2D eigenvalue weighted by Crippen LogP contribution is -2.29. The van der Waals surface area contributed by atoms with Crippen LogP contribution in [0.4, 0.5) is 11.4 Å². The lowest BCUT2D eigenvalue weighted by atomic mass is 10.1. The van der Waals surface area contributed by atoms with Gasteiger partial charge in [0, 0.05) is 23.8 Å². The molecule has 0 spiro atoms. The minimum atomic E-state index is -0.737. The summed E-state index contributed by atoms with van der Waals surface area (Å²) in [5.41, 5.74) is 3.09. The predicted molar refractivity (Wildman–Crippen MR) is 104 cm³/mol. The van der Waals surface area contributed by atoms with Crippen LogP contribution in [0.25, 0.3) is 0 Å². The first-order chi connectivity index (χ1) is 13.0. The van der Waals surface area contributed by atoms with E-state index in [0.29, 0.717) is 22.9 Å². The molecule has 0 radical (unpaired) electrons. The second kappa shape index (κ2) is 8.14. The SMILES string of the molecule is Cc1cccc(NC(=O)C(=O)Nc2ccc(Oc3ccncc3)cc2)c1C. The summed E-state index contributed by atoms with van der Waals surface area (Å²) in [7, 11) is 0. The quantitative estimate of drug-likeness (QED) is 0.687. The largest absolute Gasteiger partial charge is 0.457 e. The zero-order valence-electron chi connectivity index (χ0n) is 15.0. The van der Waals surface area contributed by atoms with Gasteiger partial charge in [0.15, 0.2) is 0 Å². The average Bonchev–Trinajstić information content (AvgIpc) is 2.68. The van der Waals surface area contributed by atoms with Crippen LogP contribution in [0.5, 0.6) is 11.5 Å². The smallest absolute Gasteiger partial charge is 0.314 e. The fourth-order valence-corrected chi connectivity index (χ4v) is 2.40. The number of amides is 2. The standard InChI is InChI=1S/C21H19N3O3/c1-14-4-3-5-19(15(14)2)24-21(26)20(25)23-16-6-8-17(9-7-16)27-18-10-12-22-13-11-18/h3-13H,1-2H3,(H,23,25)(H,24,26). The highest BCUT2D eigenvalue weighted by molar-refractivity contribution is 6.43. The first kappa shape index (κ1) is 18.1. The fourth-order valence-electron chi connectivity index (χ4n) is 2.40. The lowest BCUT2D eigenvalue weighted by molar-refractivity contribution is -0.133. The van der Waals surface area contributed by atoms with Gasteiger partial charge in [-0.05, 0) is 67.4 Å². The second-order valence-corrected chi connectivity index (χ2v) is 5.97. The Morgan fingerprint density at radius 2 is 1.44 bits per heavy atom. The van der Waals surface area contributed by atoms with E-state index in [0.717, 1.165) is 11.1 Å². The zero-order valence-corrected chi connectivity index (χ0v) is 15.0. The second-order valence-electron chi connectivity index (χ2n) is 5.97. The fraction of sp³-hybridized carbons (Fsp3) is 0.0952. The Bertz CT molecular complexity index is 954. The topological polar surface area (TPSA) is 80.3 Å². The van der Waals surface area contributed by atoms with Crippen molar-refractivity contribution < 1.29 is 14.3 Å². The number of aromatic nitrogens is 1. The van der Waals surface area contributed by atoms with E-state index in [-0.39, 0.29) is 0 Å². The molecule has 2 amide bonds. The van der Waals surface area contributed by atoms with Crippen molar-refractivity contribution in [1.29, 1.82) is 0 Å². The zero-order chi connectivity index (χ0) is 19.2. The van der Waals surface area contributed by atoms with E-state index in [1.165, 1.54) is 0 Å². The van der Waals surface area contributed by atoms with Gasteiger partial charge in [0.25, 0.3) is 0 Å². The number of ether oxygens (including phenoxy) is 1. The van der Waals surface area contributed by atoms with Crippen molar-refractivity contribution in [2.24, 2.45) is 0 Å².